The molecule has 1 aliphatic rings. The standard InChI is InChI=1S/C25H24F3N7O/c26-25(27,28)24-30-29-21-11-12-22(31-35(21)24)33-15-13-19(14-16-33)23(36)32-34(20-9-5-2-6-10-20)17-18-7-3-1-4-8-18/h1-12,19H,13-17H2,(H,32,36). The predicted molar refractivity (Wildman–Crippen MR) is 128 cm³/mol. The first-order valence-electron chi connectivity index (χ1n) is 11.6. The average molecular weight is 496 g/mol. The molecule has 0 spiro atoms. The summed E-state index contributed by atoms with van der Waals surface area (Å²) in [6.07, 6.45) is -3.55. The first-order valence-corrected chi connectivity index (χ1v) is 11.6. The summed E-state index contributed by atoms with van der Waals surface area (Å²) in [5, 5.41) is 12.7. The summed E-state index contributed by atoms with van der Waals surface area (Å²) >= 11 is 0. The van der Waals surface area contributed by atoms with Crippen molar-refractivity contribution >= 4 is 23.1 Å². The molecular weight excluding hydrogens is 471 g/mol. The number of aromatic nitrogens is 4. The Kier molecular flexibility index (Phi) is 6.45. The van der Waals surface area contributed by atoms with Crippen molar-refractivity contribution in [3.8, 4) is 0 Å². The summed E-state index contributed by atoms with van der Waals surface area (Å²) in [6, 6.07) is 22.6. The van der Waals surface area contributed by atoms with E-state index in [9.17, 15) is 18.0 Å². The van der Waals surface area contributed by atoms with Crippen LogP contribution in [-0.4, -0.2) is 38.8 Å². The summed E-state index contributed by atoms with van der Waals surface area (Å²) in [5.41, 5.74) is 5.03. The van der Waals surface area contributed by atoms with Gasteiger partial charge >= 0.3 is 6.18 Å². The maximum absolute atomic E-state index is 13.2. The van der Waals surface area contributed by atoms with Gasteiger partial charge in [-0.25, -0.2) is 0 Å². The van der Waals surface area contributed by atoms with Crippen LogP contribution in [0.3, 0.4) is 0 Å². The van der Waals surface area contributed by atoms with Gasteiger partial charge < -0.3 is 4.90 Å². The molecule has 5 rings (SSSR count). The normalized spacial score (nSPS) is 14.7. The summed E-state index contributed by atoms with van der Waals surface area (Å²) in [7, 11) is 0. The Hall–Kier alpha value is -4.15. The highest BCUT2D eigenvalue weighted by atomic mass is 19.4. The topological polar surface area (TPSA) is 78.7 Å². The van der Waals surface area contributed by atoms with Crippen LogP contribution in [0.1, 0.15) is 24.2 Å². The molecule has 8 nitrogen and oxygen atoms in total. The summed E-state index contributed by atoms with van der Waals surface area (Å²) in [6.45, 7) is 1.49. The Balaban J connectivity index is 1.25. The highest BCUT2D eigenvalue weighted by Crippen LogP contribution is 2.29. The molecule has 1 fully saturated rings. The predicted octanol–water partition coefficient (Wildman–Crippen LogP) is 4.10. The van der Waals surface area contributed by atoms with E-state index < -0.39 is 12.0 Å². The van der Waals surface area contributed by atoms with Gasteiger partial charge in [0.25, 0.3) is 5.82 Å². The van der Waals surface area contributed by atoms with Gasteiger partial charge in [0.2, 0.25) is 5.91 Å². The zero-order chi connectivity index (χ0) is 25.1. The summed E-state index contributed by atoms with van der Waals surface area (Å²) < 4.78 is 40.3. The summed E-state index contributed by atoms with van der Waals surface area (Å²) in [4.78, 5) is 15.1. The van der Waals surface area contributed by atoms with Crippen molar-refractivity contribution in [1.82, 2.24) is 25.2 Å². The maximum Gasteiger partial charge on any atom is 0.453 e. The molecule has 4 aromatic rings. The molecule has 1 amide bonds. The minimum absolute atomic E-state index is 0.0276. The SMILES string of the molecule is O=C(NN(Cc1ccccc1)c1ccccc1)C1CCN(c2ccc3nnc(C(F)(F)F)n3n2)CC1. The number of anilines is 2. The van der Waals surface area contributed by atoms with E-state index in [-0.39, 0.29) is 17.5 Å². The third-order valence-corrected chi connectivity index (χ3v) is 6.19. The van der Waals surface area contributed by atoms with Crippen molar-refractivity contribution in [3.63, 3.8) is 0 Å². The van der Waals surface area contributed by atoms with Crippen LogP contribution in [0.4, 0.5) is 24.7 Å². The molecule has 2 aromatic carbocycles. The molecule has 36 heavy (non-hydrogen) atoms. The molecule has 186 valence electrons. The van der Waals surface area contributed by atoms with E-state index in [1.165, 1.54) is 6.07 Å². The van der Waals surface area contributed by atoms with Gasteiger partial charge in [-0.3, -0.25) is 15.2 Å². The molecule has 0 aliphatic carbocycles. The van der Waals surface area contributed by atoms with Crippen LogP contribution in [-0.2, 0) is 17.5 Å². The molecule has 1 N–H and O–H groups in total. The molecule has 0 saturated carbocycles. The number of halogens is 3. The molecule has 2 aromatic heterocycles. The van der Waals surface area contributed by atoms with Gasteiger partial charge in [-0.1, -0.05) is 48.5 Å². The number of nitrogens with one attached hydrogen (secondary N) is 1. The molecule has 1 saturated heterocycles. The maximum atomic E-state index is 13.2. The minimum Gasteiger partial charge on any atom is -0.355 e. The molecule has 0 atom stereocenters. The van der Waals surface area contributed by atoms with Crippen LogP contribution in [0, 0.1) is 5.92 Å². The number of fused-ring (bicyclic) bond motifs is 1. The third-order valence-electron chi connectivity index (χ3n) is 6.19. The van der Waals surface area contributed by atoms with E-state index in [1.54, 1.807) is 6.07 Å². The number of rotatable bonds is 6. The van der Waals surface area contributed by atoms with Gasteiger partial charge in [0.15, 0.2) is 5.65 Å². The van der Waals surface area contributed by atoms with Crippen molar-refractivity contribution in [2.75, 3.05) is 23.0 Å². The highest BCUT2D eigenvalue weighted by Gasteiger charge is 2.38. The van der Waals surface area contributed by atoms with E-state index in [1.807, 2.05) is 70.6 Å². The van der Waals surface area contributed by atoms with Crippen molar-refractivity contribution in [2.24, 2.45) is 5.92 Å². The van der Waals surface area contributed by atoms with E-state index in [0.717, 1.165) is 15.8 Å². The lowest BCUT2D eigenvalue weighted by molar-refractivity contribution is -0.146. The number of benzene rings is 2. The Morgan fingerprint density at radius 1 is 0.944 bits per heavy atom. The molecule has 0 radical (unpaired) electrons. The lowest BCUT2D eigenvalue weighted by Gasteiger charge is -2.34. The van der Waals surface area contributed by atoms with Crippen LogP contribution >= 0.6 is 0 Å². The second-order valence-corrected chi connectivity index (χ2v) is 8.63. The Morgan fingerprint density at radius 3 is 2.28 bits per heavy atom. The molecule has 0 bridgehead atoms. The minimum atomic E-state index is -4.65. The van der Waals surface area contributed by atoms with Crippen LogP contribution < -0.4 is 15.3 Å². The van der Waals surface area contributed by atoms with Gasteiger partial charge in [0.05, 0.1) is 12.2 Å². The van der Waals surface area contributed by atoms with Crippen molar-refractivity contribution < 1.29 is 18.0 Å². The smallest absolute Gasteiger partial charge is 0.355 e. The molecular formula is C25H24F3N7O. The number of para-hydroxylation sites is 1. The molecule has 0 unspecified atom stereocenters. The van der Waals surface area contributed by atoms with Gasteiger partial charge in [0, 0.05) is 19.0 Å². The lowest BCUT2D eigenvalue weighted by Crippen LogP contribution is -2.47. The van der Waals surface area contributed by atoms with Crippen LogP contribution in [0.5, 0.6) is 0 Å². The van der Waals surface area contributed by atoms with Crippen LogP contribution in [0.25, 0.3) is 5.65 Å². The van der Waals surface area contributed by atoms with E-state index in [4.69, 9.17) is 0 Å². The van der Waals surface area contributed by atoms with Gasteiger partial charge in [0.1, 0.15) is 5.82 Å². The van der Waals surface area contributed by atoms with E-state index in [2.05, 4.69) is 20.7 Å². The fraction of sp³-hybridized carbons (Fsp3) is 0.280. The molecule has 1 aliphatic heterocycles. The first-order chi connectivity index (χ1) is 17.4. The number of amides is 1. The van der Waals surface area contributed by atoms with Crippen molar-refractivity contribution in [2.45, 2.75) is 25.6 Å². The number of carbonyl (C=O) groups is 1. The number of piperidine rings is 1. The summed E-state index contributed by atoms with van der Waals surface area (Å²) in [5.74, 6) is -1.08. The van der Waals surface area contributed by atoms with E-state index in [0.29, 0.717) is 38.3 Å². The largest absolute Gasteiger partial charge is 0.453 e. The van der Waals surface area contributed by atoms with Crippen LogP contribution in [0.15, 0.2) is 72.8 Å². The van der Waals surface area contributed by atoms with Gasteiger partial charge in [-0.2, -0.15) is 17.7 Å². The Labute approximate surface area is 205 Å². The number of nitrogens with zero attached hydrogens (tertiary/aromatic N) is 6. The third kappa shape index (κ3) is 5.09. The Morgan fingerprint density at radius 2 is 1.61 bits per heavy atom. The Bertz CT molecular complexity index is 1320. The number of hydrogen-bond acceptors (Lipinski definition) is 6. The number of hydrogen-bond donors (Lipinski definition) is 1. The molecule has 11 heteroatoms. The first kappa shape index (κ1) is 23.6. The monoisotopic (exact) mass is 495 g/mol. The van der Waals surface area contributed by atoms with Crippen molar-refractivity contribution in [1.29, 1.82) is 0 Å². The zero-order valence-corrected chi connectivity index (χ0v) is 19.3. The molecule has 3 heterocycles. The number of carbonyl (C=O) groups excluding carboxylic acids is 1. The fourth-order valence-electron chi connectivity index (χ4n) is 4.29. The average Bonchev–Trinajstić information content (AvgIpc) is 3.34. The number of hydrazine groups is 1. The lowest BCUT2D eigenvalue weighted by atomic mass is 9.96. The quantitative estimate of drug-likeness (QED) is 0.406. The zero-order valence-electron chi connectivity index (χ0n) is 19.3. The second-order valence-electron chi connectivity index (χ2n) is 8.63. The van der Waals surface area contributed by atoms with Crippen molar-refractivity contribution in [3.05, 3.63) is 84.2 Å². The van der Waals surface area contributed by atoms with Gasteiger partial charge in [-0.15, -0.1) is 15.3 Å². The van der Waals surface area contributed by atoms with Crippen LogP contribution in [0.2, 0.25) is 0 Å². The van der Waals surface area contributed by atoms with Gasteiger partial charge in [-0.05, 0) is 42.7 Å². The number of alkyl halides is 3. The highest BCUT2D eigenvalue weighted by molar-refractivity contribution is 5.80. The van der Waals surface area contributed by atoms with E-state index >= 15 is 0 Å². The second kappa shape index (κ2) is 9.84. The fourth-order valence-corrected chi connectivity index (χ4v) is 4.29.